The molecule has 0 saturated heterocycles. The van der Waals surface area contributed by atoms with Crippen molar-refractivity contribution in [3.63, 3.8) is 0 Å². The van der Waals surface area contributed by atoms with Crippen molar-refractivity contribution in [1.29, 1.82) is 0 Å². The molecule has 1 aromatic rings. The maximum atomic E-state index is 13.2. The molecule has 174 valence electrons. The van der Waals surface area contributed by atoms with Gasteiger partial charge < -0.3 is 0 Å². The summed E-state index contributed by atoms with van der Waals surface area (Å²) in [6, 6.07) is 3.49. The Kier molecular flexibility index (Phi) is 12.0. The van der Waals surface area contributed by atoms with Crippen molar-refractivity contribution in [3.05, 3.63) is 47.6 Å². The Labute approximate surface area is 202 Å². The summed E-state index contributed by atoms with van der Waals surface area (Å²) in [4.78, 5) is 13.2. The van der Waals surface area contributed by atoms with Gasteiger partial charge in [-0.15, -0.1) is 0 Å². The first-order valence-electron chi connectivity index (χ1n) is 10.8. The van der Waals surface area contributed by atoms with Gasteiger partial charge in [0.25, 0.3) is 0 Å². The Morgan fingerprint density at radius 1 is 1.09 bits per heavy atom. The monoisotopic (exact) mass is 552 g/mol. The molecule has 1 aromatic carbocycles. The number of allylic oxidation sites excluding steroid dienone is 1. The number of hydrogen-bond acceptors (Lipinski definition) is 7. The third kappa shape index (κ3) is 9.05. The zero-order valence-electron chi connectivity index (χ0n) is 19.0. The average molecular weight is 551 g/mol. The van der Waals surface area contributed by atoms with Gasteiger partial charge in [-0.1, -0.05) is 0 Å². The van der Waals surface area contributed by atoms with E-state index in [1.807, 2.05) is 45.1 Å². The number of benzene rings is 1. The minimum absolute atomic E-state index is 0.00951. The number of aliphatic hydroxyl groups is 1. The van der Waals surface area contributed by atoms with Crippen molar-refractivity contribution in [3.8, 4) is 11.5 Å². The summed E-state index contributed by atoms with van der Waals surface area (Å²) in [6.07, 6.45) is 8.14. The fourth-order valence-corrected chi connectivity index (χ4v) is 3.88. The standard InChI is InChI=1S/C24H32O7.Sn/c1-4-27-16-29-21-14-19-11-7-6-8-12-20(25)13-9-10-18(3)31-24(26)23(19)22(15-21)30-17-28-5-2;/h6,8-9,13-15,18,20,25H,4-5,10-12,16-17H2,1-3H3;/b8-6+,13-9+;/t18-,20+;/m1./s1. The van der Waals surface area contributed by atoms with Gasteiger partial charge in [-0.05, 0) is 0 Å². The second kappa shape index (κ2) is 14.5. The van der Waals surface area contributed by atoms with Crippen molar-refractivity contribution >= 4 is 31.5 Å². The molecule has 0 unspecified atom stereocenters. The summed E-state index contributed by atoms with van der Waals surface area (Å²) in [7, 11) is 0. The van der Waals surface area contributed by atoms with Crippen molar-refractivity contribution in [2.45, 2.75) is 52.2 Å². The van der Waals surface area contributed by atoms with Crippen LogP contribution in [0.25, 0.3) is 0 Å². The summed E-state index contributed by atoms with van der Waals surface area (Å²) in [5.41, 5.74) is 1.11. The quantitative estimate of drug-likeness (QED) is 0.175. The third-order valence-electron chi connectivity index (χ3n) is 4.59. The summed E-state index contributed by atoms with van der Waals surface area (Å²) in [5, 5.41) is 10.1. The molecule has 0 spiro atoms. The van der Waals surface area contributed by atoms with E-state index in [1.165, 1.54) is 22.1 Å². The number of carbonyl (C=O) groups excluding carboxylic acids is 1. The molecule has 0 fully saturated rings. The third-order valence-corrected chi connectivity index (χ3v) is 5.57. The second-order valence-electron chi connectivity index (χ2n) is 7.25. The molecule has 0 amide bonds. The predicted molar refractivity (Wildman–Crippen MR) is 124 cm³/mol. The Balaban J connectivity index is 2.46. The molecule has 1 aliphatic rings. The van der Waals surface area contributed by atoms with Crippen LogP contribution in [0.4, 0.5) is 0 Å². The van der Waals surface area contributed by atoms with Crippen LogP contribution < -0.4 is 9.47 Å². The van der Waals surface area contributed by atoms with Gasteiger partial charge in [0.2, 0.25) is 0 Å². The molecule has 0 saturated carbocycles. The molecule has 2 rings (SSSR count). The van der Waals surface area contributed by atoms with Gasteiger partial charge in [0.05, 0.1) is 0 Å². The first kappa shape index (κ1) is 26.6. The second-order valence-corrected chi connectivity index (χ2v) is 9.09. The van der Waals surface area contributed by atoms with Crippen molar-refractivity contribution < 1.29 is 33.6 Å². The first-order valence-corrected chi connectivity index (χ1v) is 12.2. The molecule has 0 bridgehead atoms. The molecule has 0 aromatic heterocycles. The van der Waals surface area contributed by atoms with Crippen LogP contribution >= 0.6 is 0 Å². The summed E-state index contributed by atoms with van der Waals surface area (Å²) in [6.45, 7) is 6.71. The van der Waals surface area contributed by atoms with E-state index in [2.05, 4.69) is 0 Å². The van der Waals surface area contributed by atoms with Crippen LogP contribution in [0, 0.1) is 0 Å². The predicted octanol–water partition coefficient (Wildman–Crippen LogP) is 3.13. The molecule has 32 heavy (non-hydrogen) atoms. The minimum atomic E-state index is -0.565. The summed E-state index contributed by atoms with van der Waals surface area (Å²) >= 11 is 1.21. The van der Waals surface area contributed by atoms with E-state index in [-0.39, 0.29) is 19.7 Å². The van der Waals surface area contributed by atoms with E-state index in [4.69, 9.17) is 23.7 Å². The van der Waals surface area contributed by atoms with E-state index in [0.29, 0.717) is 49.5 Å². The number of cyclic esters (lactones) is 1. The van der Waals surface area contributed by atoms with Crippen LogP contribution in [0.1, 0.15) is 49.5 Å². The molecular weight excluding hydrogens is 519 g/mol. The van der Waals surface area contributed by atoms with E-state index >= 15 is 0 Å². The Hall–Kier alpha value is -1.68. The van der Waals surface area contributed by atoms with E-state index in [9.17, 15) is 9.90 Å². The SMILES string of the molecule is CCOCOc1cc2c(c(OCOCC)c1)C(=O)O[C@H](C)C/C=C/[C@@H](O)C/C=C/[C](=[Sn])C2. The molecule has 1 aliphatic heterocycles. The number of rotatable bonds is 8. The molecular formula is C24H32O7Sn. The molecule has 1 N–H and O–H groups in total. The van der Waals surface area contributed by atoms with Crippen molar-refractivity contribution in [1.82, 2.24) is 0 Å². The normalized spacial score (nSPS) is 21.8. The molecule has 0 aliphatic carbocycles. The van der Waals surface area contributed by atoms with Crippen LogP contribution in [0.3, 0.4) is 0 Å². The van der Waals surface area contributed by atoms with E-state index in [1.54, 1.807) is 12.1 Å². The summed E-state index contributed by atoms with van der Waals surface area (Å²) < 4.78 is 29.0. The molecule has 8 heteroatoms. The number of hydrogen-bond donors (Lipinski definition) is 1. The van der Waals surface area contributed by atoms with Gasteiger partial charge in [-0.2, -0.15) is 0 Å². The van der Waals surface area contributed by atoms with Gasteiger partial charge in [0.1, 0.15) is 0 Å². The number of esters is 1. The van der Waals surface area contributed by atoms with Crippen LogP contribution in [-0.2, 0) is 20.6 Å². The van der Waals surface area contributed by atoms with Crippen LogP contribution in [0.15, 0.2) is 36.4 Å². The number of ether oxygens (including phenoxy) is 5. The summed E-state index contributed by atoms with van der Waals surface area (Å²) in [5.74, 6) is 0.427. The van der Waals surface area contributed by atoms with Crippen LogP contribution in [0.2, 0.25) is 0 Å². The molecule has 7 nitrogen and oxygen atoms in total. The Morgan fingerprint density at radius 3 is 2.53 bits per heavy atom. The topological polar surface area (TPSA) is 83.5 Å². The average Bonchev–Trinajstić information content (AvgIpc) is 2.73. The zero-order valence-corrected chi connectivity index (χ0v) is 21.8. The van der Waals surface area contributed by atoms with Crippen LogP contribution in [0.5, 0.6) is 11.5 Å². The van der Waals surface area contributed by atoms with Crippen molar-refractivity contribution in [2.24, 2.45) is 0 Å². The fourth-order valence-electron chi connectivity index (χ4n) is 3.00. The molecule has 2 atom stereocenters. The van der Waals surface area contributed by atoms with Gasteiger partial charge in [-0.3, -0.25) is 0 Å². The Bertz CT molecular complexity index is 819. The van der Waals surface area contributed by atoms with Gasteiger partial charge >= 0.3 is 203 Å². The Morgan fingerprint density at radius 2 is 1.81 bits per heavy atom. The fraction of sp³-hybridized carbons (Fsp3) is 0.500. The zero-order chi connectivity index (χ0) is 23.3. The number of aliphatic hydroxyl groups excluding tert-OH is 1. The molecule has 2 radical (unpaired) electrons. The number of fused-ring (bicyclic) bond motifs is 1. The molecule has 1 heterocycles. The van der Waals surface area contributed by atoms with Gasteiger partial charge in [0.15, 0.2) is 0 Å². The van der Waals surface area contributed by atoms with E-state index in [0.717, 1.165) is 9.08 Å². The van der Waals surface area contributed by atoms with Crippen LogP contribution in [-0.4, -0.2) is 75.7 Å². The van der Waals surface area contributed by atoms with E-state index < -0.39 is 12.1 Å². The van der Waals surface area contributed by atoms with Crippen molar-refractivity contribution in [2.75, 3.05) is 26.8 Å². The van der Waals surface area contributed by atoms with Gasteiger partial charge in [-0.25, -0.2) is 0 Å². The number of carbonyl (C=O) groups is 1. The van der Waals surface area contributed by atoms with Gasteiger partial charge in [0, 0.05) is 0 Å². The first-order chi connectivity index (χ1) is 15.4. The maximum absolute atomic E-state index is 13.2.